The third kappa shape index (κ3) is 6.93. The van der Waals surface area contributed by atoms with E-state index in [4.69, 9.17) is 5.73 Å². The van der Waals surface area contributed by atoms with Crippen LogP contribution < -0.4 is 11.1 Å². The highest BCUT2D eigenvalue weighted by Crippen LogP contribution is 2.04. The van der Waals surface area contributed by atoms with Crippen LogP contribution in [0.2, 0.25) is 0 Å². The van der Waals surface area contributed by atoms with E-state index in [2.05, 4.69) is 5.32 Å². The van der Waals surface area contributed by atoms with Crippen LogP contribution in [0.25, 0.3) is 0 Å². The first-order valence-corrected chi connectivity index (χ1v) is 8.19. The minimum Gasteiger partial charge on any atom is -0.352 e. The first kappa shape index (κ1) is 15.7. The highest BCUT2D eigenvalue weighted by Gasteiger charge is 2.07. The van der Waals surface area contributed by atoms with Crippen LogP contribution in [0.5, 0.6) is 0 Å². The minimum atomic E-state index is -3.09. The van der Waals surface area contributed by atoms with E-state index < -0.39 is 9.84 Å². The standard InChI is InChI=1S/C13H20N2O3S/c1-19(17,18)9-7-13(16)15-10-12-4-2-11(3-5-12)6-8-14/h2-5H,6-10,14H2,1H3,(H,15,16). The van der Waals surface area contributed by atoms with Crippen molar-refractivity contribution < 1.29 is 13.2 Å². The summed E-state index contributed by atoms with van der Waals surface area (Å²) >= 11 is 0. The van der Waals surface area contributed by atoms with Gasteiger partial charge in [0.15, 0.2) is 0 Å². The van der Waals surface area contributed by atoms with Crippen LogP contribution in [-0.2, 0) is 27.6 Å². The number of amides is 1. The third-order valence-corrected chi connectivity index (χ3v) is 3.59. The molecule has 0 radical (unpaired) electrons. The maximum Gasteiger partial charge on any atom is 0.221 e. The molecule has 106 valence electrons. The predicted octanol–water partition coefficient (Wildman–Crippen LogP) is 0.239. The molecule has 0 bridgehead atoms. The summed E-state index contributed by atoms with van der Waals surface area (Å²) in [7, 11) is -3.09. The van der Waals surface area contributed by atoms with Crippen molar-refractivity contribution in [2.24, 2.45) is 5.73 Å². The fourth-order valence-electron chi connectivity index (χ4n) is 1.56. The summed E-state index contributed by atoms with van der Waals surface area (Å²) in [6.45, 7) is 1.02. The number of nitrogens with one attached hydrogen (secondary N) is 1. The van der Waals surface area contributed by atoms with Gasteiger partial charge >= 0.3 is 0 Å². The van der Waals surface area contributed by atoms with Crippen LogP contribution >= 0.6 is 0 Å². The lowest BCUT2D eigenvalue weighted by Crippen LogP contribution is -2.24. The average Bonchev–Trinajstić information content (AvgIpc) is 2.35. The highest BCUT2D eigenvalue weighted by molar-refractivity contribution is 7.90. The van der Waals surface area contributed by atoms with Gasteiger partial charge in [-0.2, -0.15) is 0 Å². The number of sulfone groups is 1. The summed E-state index contributed by atoms with van der Waals surface area (Å²) < 4.78 is 21.8. The van der Waals surface area contributed by atoms with E-state index in [1.54, 1.807) is 0 Å². The van der Waals surface area contributed by atoms with Crippen LogP contribution in [0.4, 0.5) is 0 Å². The molecule has 0 atom stereocenters. The normalized spacial score (nSPS) is 11.3. The molecule has 5 nitrogen and oxygen atoms in total. The zero-order chi connectivity index (χ0) is 14.3. The van der Waals surface area contributed by atoms with Gasteiger partial charge in [-0.15, -0.1) is 0 Å². The Kier molecular flexibility index (Phi) is 5.98. The van der Waals surface area contributed by atoms with E-state index in [0.717, 1.165) is 23.8 Å². The molecule has 0 aliphatic heterocycles. The Hall–Kier alpha value is -1.40. The highest BCUT2D eigenvalue weighted by atomic mass is 32.2. The van der Waals surface area contributed by atoms with E-state index in [1.807, 2.05) is 24.3 Å². The predicted molar refractivity (Wildman–Crippen MR) is 75.4 cm³/mol. The zero-order valence-corrected chi connectivity index (χ0v) is 11.9. The molecule has 1 aromatic carbocycles. The quantitative estimate of drug-likeness (QED) is 0.750. The van der Waals surface area contributed by atoms with Crippen molar-refractivity contribution in [3.05, 3.63) is 35.4 Å². The Morgan fingerprint density at radius 3 is 2.32 bits per heavy atom. The molecule has 0 saturated carbocycles. The maximum atomic E-state index is 11.4. The summed E-state index contributed by atoms with van der Waals surface area (Å²) in [5, 5.41) is 2.69. The van der Waals surface area contributed by atoms with Gasteiger partial charge in [-0.3, -0.25) is 4.79 Å². The van der Waals surface area contributed by atoms with Crippen LogP contribution in [0.15, 0.2) is 24.3 Å². The van der Waals surface area contributed by atoms with Crippen molar-refractivity contribution in [1.29, 1.82) is 0 Å². The maximum absolute atomic E-state index is 11.4. The SMILES string of the molecule is CS(=O)(=O)CCC(=O)NCc1ccc(CCN)cc1. The molecule has 19 heavy (non-hydrogen) atoms. The number of hydrogen-bond donors (Lipinski definition) is 2. The lowest BCUT2D eigenvalue weighted by atomic mass is 10.1. The fourth-order valence-corrected chi connectivity index (χ4v) is 2.11. The molecular formula is C13H20N2O3S. The Labute approximate surface area is 114 Å². The molecule has 0 heterocycles. The summed E-state index contributed by atoms with van der Waals surface area (Å²) in [5.41, 5.74) is 7.60. The third-order valence-electron chi connectivity index (χ3n) is 2.65. The molecule has 6 heteroatoms. The van der Waals surface area contributed by atoms with Gasteiger partial charge in [-0.05, 0) is 24.1 Å². The largest absolute Gasteiger partial charge is 0.352 e. The van der Waals surface area contributed by atoms with Gasteiger partial charge in [-0.25, -0.2) is 8.42 Å². The molecule has 0 aliphatic rings. The van der Waals surface area contributed by atoms with Crippen LogP contribution in [0.1, 0.15) is 17.5 Å². The minimum absolute atomic E-state index is 0.00406. The lowest BCUT2D eigenvalue weighted by Gasteiger charge is -2.06. The van der Waals surface area contributed by atoms with Crippen LogP contribution in [0.3, 0.4) is 0 Å². The zero-order valence-electron chi connectivity index (χ0n) is 11.1. The molecule has 1 aromatic rings. The average molecular weight is 284 g/mol. The van der Waals surface area contributed by atoms with Crippen molar-refractivity contribution in [2.75, 3.05) is 18.6 Å². The number of hydrogen-bond acceptors (Lipinski definition) is 4. The first-order chi connectivity index (χ1) is 8.90. The van der Waals surface area contributed by atoms with E-state index in [-0.39, 0.29) is 18.1 Å². The van der Waals surface area contributed by atoms with Gasteiger partial charge in [-0.1, -0.05) is 24.3 Å². The number of carbonyl (C=O) groups excluding carboxylic acids is 1. The molecule has 0 aromatic heterocycles. The number of benzene rings is 1. The molecule has 0 spiro atoms. The molecule has 0 saturated heterocycles. The van der Waals surface area contributed by atoms with Crippen molar-refractivity contribution in [3.63, 3.8) is 0 Å². The molecule has 0 unspecified atom stereocenters. The van der Waals surface area contributed by atoms with Gasteiger partial charge in [0, 0.05) is 19.2 Å². The van der Waals surface area contributed by atoms with Crippen LogP contribution in [0, 0.1) is 0 Å². The molecule has 0 fully saturated rings. The first-order valence-electron chi connectivity index (χ1n) is 6.13. The number of rotatable bonds is 7. The molecular weight excluding hydrogens is 264 g/mol. The van der Waals surface area contributed by atoms with Gasteiger partial charge in [0.1, 0.15) is 9.84 Å². The number of nitrogens with two attached hydrogens (primary N) is 1. The molecule has 0 aliphatic carbocycles. The topological polar surface area (TPSA) is 89.3 Å². The smallest absolute Gasteiger partial charge is 0.221 e. The fraction of sp³-hybridized carbons (Fsp3) is 0.462. The van der Waals surface area contributed by atoms with Crippen molar-refractivity contribution in [2.45, 2.75) is 19.4 Å². The number of carbonyl (C=O) groups is 1. The summed E-state index contributed by atoms with van der Waals surface area (Å²) in [6, 6.07) is 7.82. The summed E-state index contributed by atoms with van der Waals surface area (Å²) in [4.78, 5) is 11.4. The second-order valence-electron chi connectivity index (χ2n) is 4.51. The summed E-state index contributed by atoms with van der Waals surface area (Å²) in [5.74, 6) is -0.370. The van der Waals surface area contributed by atoms with Gasteiger partial charge in [0.2, 0.25) is 5.91 Å². The van der Waals surface area contributed by atoms with Crippen molar-refractivity contribution in [1.82, 2.24) is 5.32 Å². The second-order valence-corrected chi connectivity index (χ2v) is 6.77. The lowest BCUT2D eigenvalue weighted by molar-refractivity contribution is -0.120. The Balaban J connectivity index is 2.37. The monoisotopic (exact) mass is 284 g/mol. The van der Waals surface area contributed by atoms with E-state index >= 15 is 0 Å². The van der Waals surface area contributed by atoms with Gasteiger partial charge in [0.25, 0.3) is 0 Å². The Morgan fingerprint density at radius 2 is 1.79 bits per heavy atom. The van der Waals surface area contributed by atoms with E-state index in [9.17, 15) is 13.2 Å². The van der Waals surface area contributed by atoms with Crippen LogP contribution in [-0.4, -0.2) is 32.9 Å². The van der Waals surface area contributed by atoms with Crippen molar-refractivity contribution >= 4 is 15.7 Å². The van der Waals surface area contributed by atoms with Crippen molar-refractivity contribution in [3.8, 4) is 0 Å². The van der Waals surface area contributed by atoms with E-state index in [1.165, 1.54) is 0 Å². The van der Waals surface area contributed by atoms with E-state index in [0.29, 0.717) is 13.1 Å². The molecule has 3 N–H and O–H groups in total. The summed E-state index contributed by atoms with van der Waals surface area (Å²) in [6.07, 6.45) is 1.96. The Morgan fingerprint density at radius 1 is 1.21 bits per heavy atom. The van der Waals surface area contributed by atoms with Gasteiger partial charge in [0.05, 0.1) is 5.75 Å². The molecule has 1 amide bonds. The Bertz CT molecular complexity index is 509. The molecule has 1 rings (SSSR count). The second kappa shape index (κ2) is 7.25. The van der Waals surface area contributed by atoms with Gasteiger partial charge < -0.3 is 11.1 Å².